The molecule has 2 N–H and O–H groups in total. The standard InChI is InChI=1S/C16H31N5O4S/c1-5-26(23,24)19-8-6-7-17-14-18-11-13-12-20(9-10-21(13)14)15(22)25-16(2,3)4/h13,19H,5-12H2,1-4H3,(H,17,18). The lowest BCUT2D eigenvalue weighted by atomic mass is 10.2. The van der Waals surface area contributed by atoms with E-state index in [0.717, 1.165) is 5.96 Å². The van der Waals surface area contributed by atoms with E-state index in [1.165, 1.54) is 0 Å². The number of amides is 1. The molecule has 0 spiro atoms. The van der Waals surface area contributed by atoms with E-state index in [1.54, 1.807) is 11.8 Å². The molecule has 0 aromatic carbocycles. The first kappa shape index (κ1) is 20.8. The van der Waals surface area contributed by atoms with Gasteiger partial charge in [-0.2, -0.15) is 0 Å². The van der Waals surface area contributed by atoms with Crippen LogP contribution in [0.25, 0.3) is 0 Å². The monoisotopic (exact) mass is 389 g/mol. The predicted octanol–water partition coefficient (Wildman–Crippen LogP) is 0.196. The molecule has 2 aliphatic rings. The molecule has 150 valence electrons. The Kier molecular flexibility index (Phi) is 6.73. The number of aliphatic imine (C=N–C) groups is 1. The summed E-state index contributed by atoms with van der Waals surface area (Å²) in [6.45, 7) is 10.8. The molecule has 1 atom stereocenters. The Morgan fingerprint density at radius 3 is 2.69 bits per heavy atom. The second-order valence-corrected chi connectivity index (χ2v) is 9.61. The summed E-state index contributed by atoms with van der Waals surface area (Å²) in [5.41, 5.74) is -0.494. The normalized spacial score (nSPS) is 20.6. The number of hydrogen-bond donors (Lipinski definition) is 2. The second kappa shape index (κ2) is 8.43. The highest BCUT2D eigenvalue weighted by Crippen LogP contribution is 2.18. The fourth-order valence-corrected chi connectivity index (χ4v) is 3.50. The van der Waals surface area contributed by atoms with Crippen LogP contribution in [-0.4, -0.2) is 86.9 Å². The van der Waals surface area contributed by atoms with Crippen LogP contribution in [0.3, 0.4) is 0 Å². The Labute approximate surface area is 156 Å². The molecule has 26 heavy (non-hydrogen) atoms. The van der Waals surface area contributed by atoms with Crippen LogP contribution in [0.4, 0.5) is 4.79 Å². The van der Waals surface area contributed by atoms with Gasteiger partial charge in [0.15, 0.2) is 5.96 Å². The van der Waals surface area contributed by atoms with E-state index in [0.29, 0.717) is 45.7 Å². The van der Waals surface area contributed by atoms with Crippen LogP contribution < -0.4 is 10.0 Å². The van der Waals surface area contributed by atoms with Crippen LogP contribution in [0, 0.1) is 0 Å². The van der Waals surface area contributed by atoms with E-state index in [9.17, 15) is 13.2 Å². The summed E-state index contributed by atoms with van der Waals surface area (Å²) >= 11 is 0. The SMILES string of the molecule is CCS(=O)(=O)NCCCNC1=NCC2CN(C(=O)OC(C)(C)C)CCN12. The number of guanidine groups is 1. The zero-order valence-corrected chi connectivity index (χ0v) is 16.9. The van der Waals surface area contributed by atoms with E-state index >= 15 is 0 Å². The van der Waals surface area contributed by atoms with E-state index < -0.39 is 15.6 Å². The van der Waals surface area contributed by atoms with Gasteiger partial charge in [0, 0.05) is 32.7 Å². The van der Waals surface area contributed by atoms with Crippen molar-refractivity contribution in [2.75, 3.05) is 45.0 Å². The van der Waals surface area contributed by atoms with Gasteiger partial charge in [0.1, 0.15) is 5.60 Å². The molecule has 10 heteroatoms. The lowest BCUT2D eigenvalue weighted by Gasteiger charge is -2.39. The summed E-state index contributed by atoms with van der Waals surface area (Å²) in [5.74, 6) is 0.925. The number of nitrogens with zero attached hydrogens (tertiary/aromatic N) is 3. The summed E-state index contributed by atoms with van der Waals surface area (Å²) in [7, 11) is -3.13. The number of fused-ring (bicyclic) bond motifs is 1. The number of ether oxygens (including phenoxy) is 1. The third kappa shape index (κ3) is 6.01. The van der Waals surface area contributed by atoms with Crippen molar-refractivity contribution in [2.24, 2.45) is 4.99 Å². The molecule has 9 nitrogen and oxygen atoms in total. The highest BCUT2D eigenvalue weighted by molar-refractivity contribution is 7.89. The van der Waals surface area contributed by atoms with Gasteiger partial charge in [0.2, 0.25) is 10.0 Å². The van der Waals surface area contributed by atoms with Gasteiger partial charge in [-0.1, -0.05) is 0 Å². The molecule has 0 radical (unpaired) electrons. The Balaban J connectivity index is 1.72. The molecule has 1 unspecified atom stereocenters. The van der Waals surface area contributed by atoms with Gasteiger partial charge in [-0.3, -0.25) is 4.99 Å². The van der Waals surface area contributed by atoms with Crippen molar-refractivity contribution in [1.82, 2.24) is 19.8 Å². The Hall–Kier alpha value is -1.55. The van der Waals surface area contributed by atoms with Crippen molar-refractivity contribution < 1.29 is 17.9 Å². The summed E-state index contributed by atoms with van der Waals surface area (Å²) in [5, 5.41) is 3.27. The topological polar surface area (TPSA) is 103 Å². The molecular weight excluding hydrogens is 358 g/mol. The average Bonchev–Trinajstić information content (AvgIpc) is 2.95. The smallest absolute Gasteiger partial charge is 0.410 e. The van der Waals surface area contributed by atoms with Crippen molar-refractivity contribution in [2.45, 2.75) is 45.8 Å². The molecule has 0 aliphatic carbocycles. The number of rotatable bonds is 6. The van der Waals surface area contributed by atoms with Gasteiger partial charge in [-0.05, 0) is 34.1 Å². The van der Waals surface area contributed by atoms with Crippen molar-refractivity contribution in [3.8, 4) is 0 Å². The van der Waals surface area contributed by atoms with Gasteiger partial charge in [-0.25, -0.2) is 17.9 Å². The van der Waals surface area contributed by atoms with Crippen LogP contribution in [0.2, 0.25) is 0 Å². The number of carbonyl (C=O) groups excluding carboxylic acids is 1. The fraction of sp³-hybridized carbons (Fsp3) is 0.875. The summed E-state index contributed by atoms with van der Waals surface area (Å²) in [6, 6.07) is 0.164. The largest absolute Gasteiger partial charge is 0.444 e. The van der Waals surface area contributed by atoms with Gasteiger partial charge in [0.05, 0.1) is 18.3 Å². The summed E-state index contributed by atoms with van der Waals surface area (Å²) in [6.07, 6.45) is 0.405. The molecular formula is C16H31N5O4S. The maximum absolute atomic E-state index is 12.2. The van der Waals surface area contributed by atoms with Gasteiger partial charge < -0.3 is 19.9 Å². The zero-order chi connectivity index (χ0) is 19.4. The van der Waals surface area contributed by atoms with Crippen LogP contribution in [-0.2, 0) is 14.8 Å². The molecule has 1 fully saturated rings. The maximum Gasteiger partial charge on any atom is 0.410 e. The van der Waals surface area contributed by atoms with E-state index in [2.05, 4.69) is 19.9 Å². The quantitative estimate of drug-likeness (QED) is 0.629. The van der Waals surface area contributed by atoms with Crippen LogP contribution in [0.15, 0.2) is 4.99 Å². The zero-order valence-electron chi connectivity index (χ0n) is 16.1. The third-order valence-corrected chi connectivity index (χ3v) is 5.60. The number of hydrogen-bond acceptors (Lipinski definition) is 7. The molecule has 0 bridgehead atoms. The van der Waals surface area contributed by atoms with Gasteiger partial charge in [-0.15, -0.1) is 0 Å². The molecule has 2 rings (SSSR count). The minimum Gasteiger partial charge on any atom is -0.444 e. The molecule has 0 aromatic rings. The number of carbonyl (C=O) groups is 1. The lowest BCUT2D eigenvalue weighted by Crippen LogP contribution is -2.57. The van der Waals surface area contributed by atoms with Crippen molar-refractivity contribution in [3.63, 3.8) is 0 Å². The highest BCUT2D eigenvalue weighted by atomic mass is 32.2. The second-order valence-electron chi connectivity index (χ2n) is 7.52. The first-order valence-corrected chi connectivity index (χ1v) is 10.8. The van der Waals surface area contributed by atoms with E-state index in [-0.39, 0.29) is 17.9 Å². The Morgan fingerprint density at radius 1 is 1.31 bits per heavy atom. The molecule has 2 heterocycles. The van der Waals surface area contributed by atoms with Crippen molar-refractivity contribution in [1.29, 1.82) is 0 Å². The minimum atomic E-state index is -3.13. The molecule has 1 amide bonds. The van der Waals surface area contributed by atoms with Gasteiger partial charge >= 0.3 is 6.09 Å². The van der Waals surface area contributed by atoms with Crippen molar-refractivity contribution in [3.05, 3.63) is 0 Å². The minimum absolute atomic E-state index is 0.0940. The summed E-state index contributed by atoms with van der Waals surface area (Å²) < 4.78 is 30.7. The third-order valence-electron chi connectivity index (χ3n) is 4.20. The van der Waals surface area contributed by atoms with Crippen LogP contribution >= 0.6 is 0 Å². The van der Waals surface area contributed by atoms with Crippen molar-refractivity contribution >= 4 is 22.1 Å². The van der Waals surface area contributed by atoms with E-state index in [4.69, 9.17) is 4.74 Å². The molecule has 1 saturated heterocycles. The average molecular weight is 390 g/mol. The highest BCUT2D eigenvalue weighted by Gasteiger charge is 2.36. The number of piperazine rings is 1. The molecule has 0 saturated carbocycles. The Bertz CT molecular complexity index is 629. The van der Waals surface area contributed by atoms with Crippen LogP contribution in [0.1, 0.15) is 34.1 Å². The fourth-order valence-electron chi connectivity index (χ4n) is 2.84. The molecule has 2 aliphatic heterocycles. The van der Waals surface area contributed by atoms with Crippen LogP contribution in [0.5, 0.6) is 0 Å². The lowest BCUT2D eigenvalue weighted by molar-refractivity contribution is 0.0137. The number of nitrogens with one attached hydrogen (secondary N) is 2. The number of sulfonamides is 1. The first-order valence-electron chi connectivity index (χ1n) is 9.11. The maximum atomic E-state index is 12.2. The Morgan fingerprint density at radius 2 is 2.04 bits per heavy atom. The summed E-state index contributed by atoms with van der Waals surface area (Å²) in [4.78, 5) is 20.7. The van der Waals surface area contributed by atoms with E-state index in [1.807, 2.05) is 20.8 Å². The van der Waals surface area contributed by atoms with Gasteiger partial charge in [0.25, 0.3) is 0 Å². The predicted molar refractivity (Wildman–Crippen MR) is 101 cm³/mol. The first-order chi connectivity index (χ1) is 12.1. The molecule has 0 aromatic heterocycles.